The summed E-state index contributed by atoms with van der Waals surface area (Å²) in [6, 6.07) is 8.55. The lowest BCUT2D eigenvalue weighted by atomic mass is 9.77. The molecule has 1 aliphatic carbocycles. The second kappa shape index (κ2) is 3.34. The van der Waals surface area contributed by atoms with Gasteiger partial charge in [-0.3, -0.25) is 0 Å². The molecule has 0 saturated heterocycles. The van der Waals surface area contributed by atoms with Crippen LogP contribution in [0.1, 0.15) is 30.4 Å². The van der Waals surface area contributed by atoms with E-state index in [1.54, 1.807) is 0 Å². The summed E-state index contributed by atoms with van der Waals surface area (Å²) in [5.41, 5.74) is 2.78. The lowest BCUT2D eigenvalue weighted by Crippen LogP contribution is -2.22. The van der Waals surface area contributed by atoms with E-state index >= 15 is 0 Å². The van der Waals surface area contributed by atoms with Crippen molar-refractivity contribution in [3.05, 3.63) is 35.4 Å². The van der Waals surface area contributed by atoms with Gasteiger partial charge in [-0.1, -0.05) is 38.1 Å². The number of alkyl halides is 1. The van der Waals surface area contributed by atoms with Gasteiger partial charge in [0, 0.05) is 0 Å². The molecule has 0 fully saturated rings. The molecule has 0 spiro atoms. The Morgan fingerprint density at radius 1 is 1.23 bits per heavy atom. The van der Waals surface area contributed by atoms with Crippen molar-refractivity contribution in [2.45, 2.75) is 25.6 Å². The lowest BCUT2D eigenvalue weighted by Gasteiger charge is -2.32. The Bertz CT molecular complexity index is 306. The molecule has 0 aliphatic heterocycles. The monoisotopic (exact) mass is 194 g/mol. The molecule has 13 heavy (non-hydrogen) atoms. The van der Waals surface area contributed by atoms with Gasteiger partial charge in [-0.15, -0.1) is 11.6 Å². The highest BCUT2D eigenvalue weighted by Crippen LogP contribution is 2.41. The standard InChI is InChI=1S/C12H15Cl/c1-8-7-10-5-3-4-6-11(10)12(13)9(8)2/h3-6,8-9,12H,7H2,1-2H3. The predicted molar refractivity (Wildman–Crippen MR) is 57.1 cm³/mol. The van der Waals surface area contributed by atoms with Gasteiger partial charge in [0.2, 0.25) is 0 Å². The molecule has 3 atom stereocenters. The van der Waals surface area contributed by atoms with Crippen molar-refractivity contribution in [2.75, 3.05) is 0 Å². The summed E-state index contributed by atoms with van der Waals surface area (Å²) < 4.78 is 0. The third kappa shape index (κ3) is 1.48. The summed E-state index contributed by atoms with van der Waals surface area (Å²) in [5, 5.41) is 0.208. The Hall–Kier alpha value is -0.490. The summed E-state index contributed by atoms with van der Waals surface area (Å²) in [6.07, 6.45) is 1.18. The van der Waals surface area contributed by atoms with Crippen molar-refractivity contribution in [1.29, 1.82) is 0 Å². The average Bonchev–Trinajstić information content (AvgIpc) is 2.15. The van der Waals surface area contributed by atoms with Gasteiger partial charge in [-0.25, -0.2) is 0 Å². The van der Waals surface area contributed by atoms with E-state index in [1.165, 1.54) is 17.5 Å². The number of fused-ring (bicyclic) bond motifs is 1. The van der Waals surface area contributed by atoms with Crippen LogP contribution in [-0.2, 0) is 6.42 Å². The Balaban J connectivity index is 2.43. The third-order valence-corrected chi connectivity index (χ3v) is 3.89. The van der Waals surface area contributed by atoms with E-state index in [0.717, 1.165) is 0 Å². The molecule has 1 aliphatic rings. The lowest BCUT2D eigenvalue weighted by molar-refractivity contribution is 0.351. The molecule has 0 heterocycles. The van der Waals surface area contributed by atoms with E-state index in [4.69, 9.17) is 11.6 Å². The first-order chi connectivity index (χ1) is 6.20. The van der Waals surface area contributed by atoms with Crippen LogP contribution in [-0.4, -0.2) is 0 Å². The van der Waals surface area contributed by atoms with E-state index in [9.17, 15) is 0 Å². The summed E-state index contributed by atoms with van der Waals surface area (Å²) in [6.45, 7) is 4.54. The number of rotatable bonds is 0. The quantitative estimate of drug-likeness (QED) is 0.552. The number of hydrogen-bond donors (Lipinski definition) is 0. The topological polar surface area (TPSA) is 0 Å². The maximum absolute atomic E-state index is 6.39. The fourth-order valence-corrected chi connectivity index (χ4v) is 2.55. The minimum absolute atomic E-state index is 0.208. The Labute approximate surface area is 84.9 Å². The highest BCUT2D eigenvalue weighted by Gasteiger charge is 2.29. The van der Waals surface area contributed by atoms with Crippen LogP contribution in [0.15, 0.2) is 24.3 Å². The molecule has 0 radical (unpaired) electrons. The molecule has 1 heteroatoms. The van der Waals surface area contributed by atoms with Crippen LogP contribution in [0.2, 0.25) is 0 Å². The van der Waals surface area contributed by atoms with E-state index in [0.29, 0.717) is 11.8 Å². The molecule has 0 N–H and O–H groups in total. The van der Waals surface area contributed by atoms with E-state index < -0.39 is 0 Å². The third-order valence-electron chi connectivity index (χ3n) is 3.25. The minimum atomic E-state index is 0.208. The van der Waals surface area contributed by atoms with Gasteiger partial charge in [0.25, 0.3) is 0 Å². The molecule has 1 aromatic carbocycles. The van der Waals surface area contributed by atoms with Gasteiger partial charge < -0.3 is 0 Å². The first kappa shape index (κ1) is 9.08. The number of benzene rings is 1. The number of halogens is 1. The van der Waals surface area contributed by atoms with Crippen LogP contribution in [0.25, 0.3) is 0 Å². The summed E-state index contributed by atoms with van der Waals surface area (Å²) in [5.74, 6) is 1.30. The van der Waals surface area contributed by atoms with Gasteiger partial charge in [-0.2, -0.15) is 0 Å². The molecule has 0 saturated carbocycles. The van der Waals surface area contributed by atoms with Gasteiger partial charge >= 0.3 is 0 Å². The fourth-order valence-electron chi connectivity index (χ4n) is 2.09. The first-order valence-corrected chi connectivity index (χ1v) is 5.35. The van der Waals surface area contributed by atoms with Crippen LogP contribution >= 0.6 is 11.6 Å². The molecular formula is C12H15Cl. The summed E-state index contributed by atoms with van der Waals surface area (Å²) in [7, 11) is 0. The summed E-state index contributed by atoms with van der Waals surface area (Å²) >= 11 is 6.39. The fraction of sp³-hybridized carbons (Fsp3) is 0.500. The van der Waals surface area contributed by atoms with Crippen molar-refractivity contribution >= 4 is 11.6 Å². The van der Waals surface area contributed by atoms with Crippen molar-refractivity contribution in [1.82, 2.24) is 0 Å². The first-order valence-electron chi connectivity index (χ1n) is 4.92. The SMILES string of the molecule is CC1Cc2ccccc2C(Cl)C1C. The van der Waals surface area contributed by atoms with Crippen LogP contribution in [0.4, 0.5) is 0 Å². The molecule has 3 unspecified atom stereocenters. The van der Waals surface area contributed by atoms with Crippen LogP contribution in [0.3, 0.4) is 0 Å². The predicted octanol–water partition coefficient (Wildman–Crippen LogP) is 3.79. The molecule has 70 valence electrons. The maximum atomic E-state index is 6.39. The molecule has 2 rings (SSSR count). The van der Waals surface area contributed by atoms with Crippen LogP contribution in [0, 0.1) is 11.8 Å². The zero-order valence-electron chi connectivity index (χ0n) is 8.13. The Morgan fingerprint density at radius 3 is 2.69 bits per heavy atom. The van der Waals surface area contributed by atoms with Crippen molar-refractivity contribution in [2.24, 2.45) is 11.8 Å². The van der Waals surface area contributed by atoms with E-state index in [-0.39, 0.29) is 5.38 Å². The average molecular weight is 195 g/mol. The van der Waals surface area contributed by atoms with Crippen LogP contribution < -0.4 is 0 Å². The normalized spacial score (nSPS) is 32.7. The van der Waals surface area contributed by atoms with Crippen LogP contribution in [0.5, 0.6) is 0 Å². The van der Waals surface area contributed by atoms with E-state index in [1.807, 2.05) is 0 Å². The van der Waals surface area contributed by atoms with Gasteiger partial charge in [0.1, 0.15) is 0 Å². The Kier molecular flexibility index (Phi) is 2.33. The second-order valence-electron chi connectivity index (χ2n) is 4.14. The molecular weight excluding hydrogens is 180 g/mol. The second-order valence-corrected chi connectivity index (χ2v) is 4.61. The van der Waals surface area contributed by atoms with E-state index in [2.05, 4.69) is 38.1 Å². The highest BCUT2D eigenvalue weighted by molar-refractivity contribution is 6.21. The molecule has 0 amide bonds. The Morgan fingerprint density at radius 2 is 1.92 bits per heavy atom. The molecule has 0 nitrogen and oxygen atoms in total. The zero-order valence-corrected chi connectivity index (χ0v) is 8.88. The zero-order chi connectivity index (χ0) is 9.42. The van der Waals surface area contributed by atoms with Crippen molar-refractivity contribution in [3.63, 3.8) is 0 Å². The largest absolute Gasteiger partial charge is 0.118 e. The maximum Gasteiger partial charge on any atom is 0.0616 e. The molecule has 0 aromatic heterocycles. The summed E-state index contributed by atoms with van der Waals surface area (Å²) in [4.78, 5) is 0. The minimum Gasteiger partial charge on any atom is -0.118 e. The highest BCUT2D eigenvalue weighted by atomic mass is 35.5. The van der Waals surface area contributed by atoms with Gasteiger partial charge in [0.05, 0.1) is 5.38 Å². The smallest absolute Gasteiger partial charge is 0.0616 e. The van der Waals surface area contributed by atoms with Gasteiger partial charge in [0.15, 0.2) is 0 Å². The van der Waals surface area contributed by atoms with Crippen molar-refractivity contribution < 1.29 is 0 Å². The molecule has 0 bridgehead atoms. The van der Waals surface area contributed by atoms with Gasteiger partial charge in [-0.05, 0) is 29.4 Å². The van der Waals surface area contributed by atoms with Crippen molar-refractivity contribution in [3.8, 4) is 0 Å². The molecule has 1 aromatic rings. The number of hydrogen-bond acceptors (Lipinski definition) is 0.